The van der Waals surface area contributed by atoms with Gasteiger partial charge in [0, 0.05) is 28.5 Å². The van der Waals surface area contributed by atoms with Gasteiger partial charge in [-0.15, -0.1) is 11.3 Å². The van der Waals surface area contributed by atoms with Crippen molar-refractivity contribution in [1.82, 2.24) is 14.8 Å². The lowest BCUT2D eigenvalue weighted by atomic mass is 10.1. The second-order valence-electron chi connectivity index (χ2n) is 5.02. The number of rotatable bonds is 5. The monoisotopic (exact) mass is 309 g/mol. The van der Waals surface area contributed by atoms with Gasteiger partial charge in [0.25, 0.3) is 0 Å². The third kappa shape index (κ3) is 2.92. The summed E-state index contributed by atoms with van der Waals surface area (Å²) in [6.07, 6.45) is 3.83. The van der Waals surface area contributed by atoms with E-state index in [4.69, 9.17) is 0 Å². The maximum atomic E-state index is 10.5. The van der Waals surface area contributed by atoms with E-state index in [0.717, 1.165) is 35.8 Å². The Morgan fingerprint density at radius 1 is 1.50 bits per heavy atom. The highest BCUT2D eigenvalue weighted by Gasteiger charge is 2.19. The minimum atomic E-state index is -0.463. The lowest BCUT2D eigenvalue weighted by Crippen LogP contribution is -2.09. The fourth-order valence-electron chi connectivity index (χ4n) is 2.45. The number of aliphatic hydroxyl groups excluding tert-OH is 1. The molecule has 2 aromatic heterocycles. The van der Waals surface area contributed by atoms with Crippen LogP contribution in [0.2, 0.25) is 0 Å². The van der Waals surface area contributed by atoms with Gasteiger partial charge >= 0.3 is 0 Å². The molecule has 0 aromatic carbocycles. The molecule has 1 N–H and O–H groups in total. The zero-order chi connectivity index (χ0) is 13.9. The number of aryl methyl sites for hydroxylation is 2. The molecule has 0 radical (unpaired) electrons. The molecule has 0 saturated heterocycles. The molecule has 3 rings (SSSR count). The molecule has 1 aliphatic heterocycles. The van der Waals surface area contributed by atoms with Crippen molar-refractivity contribution in [3.05, 3.63) is 33.5 Å². The molecule has 6 heteroatoms. The molecular formula is C14H19N3OS2. The van der Waals surface area contributed by atoms with E-state index in [0.29, 0.717) is 6.42 Å². The Morgan fingerprint density at radius 2 is 2.40 bits per heavy atom. The van der Waals surface area contributed by atoms with Gasteiger partial charge in [0.05, 0.1) is 6.10 Å². The number of thioether (sulfide) groups is 1. The van der Waals surface area contributed by atoms with Crippen molar-refractivity contribution < 1.29 is 5.11 Å². The van der Waals surface area contributed by atoms with Crippen molar-refractivity contribution in [2.24, 2.45) is 0 Å². The Bertz CT molecular complexity index is 555. The smallest absolute Gasteiger partial charge is 0.138 e. The summed E-state index contributed by atoms with van der Waals surface area (Å²) < 4.78 is 1.90. The molecule has 0 spiro atoms. The van der Waals surface area contributed by atoms with E-state index in [1.807, 2.05) is 16.4 Å². The second kappa shape index (κ2) is 6.28. The zero-order valence-corrected chi connectivity index (χ0v) is 13.2. The lowest BCUT2D eigenvalue weighted by molar-refractivity contribution is 0.177. The number of nitrogens with zero attached hydrogens (tertiary/aromatic N) is 3. The van der Waals surface area contributed by atoms with Crippen LogP contribution in [0.4, 0.5) is 0 Å². The van der Waals surface area contributed by atoms with Crippen LogP contribution in [-0.2, 0) is 25.1 Å². The highest BCUT2D eigenvalue weighted by Crippen LogP contribution is 2.35. The fourth-order valence-corrected chi connectivity index (χ4v) is 4.81. The van der Waals surface area contributed by atoms with E-state index >= 15 is 0 Å². The molecule has 0 fully saturated rings. The molecule has 0 saturated carbocycles. The normalized spacial score (nSPS) is 16.1. The first-order valence-corrected chi connectivity index (χ1v) is 8.99. The molecule has 1 atom stereocenters. The van der Waals surface area contributed by atoms with Crippen LogP contribution in [0, 0.1) is 0 Å². The van der Waals surface area contributed by atoms with Gasteiger partial charge in [-0.3, -0.25) is 4.68 Å². The van der Waals surface area contributed by atoms with E-state index in [9.17, 15) is 5.11 Å². The van der Waals surface area contributed by atoms with Crippen molar-refractivity contribution in [1.29, 1.82) is 0 Å². The van der Waals surface area contributed by atoms with Gasteiger partial charge in [-0.05, 0) is 30.2 Å². The second-order valence-corrected chi connectivity index (χ2v) is 7.29. The minimum absolute atomic E-state index is 0.463. The summed E-state index contributed by atoms with van der Waals surface area (Å²) in [6, 6.07) is 2.18. The molecule has 3 heterocycles. The van der Waals surface area contributed by atoms with E-state index in [1.54, 1.807) is 17.7 Å². The Morgan fingerprint density at radius 3 is 3.20 bits per heavy atom. The first kappa shape index (κ1) is 14.1. The predicted molar refractivity (Wildman–Crippen MR) is 83.2 cm³/mol. The third-order valence-electron chi connectivity index (χ3n) is 3.48. The summed E-state index contributed by atoms with van der Waals surface area (Å²) in [5.74, 6) is 3.17. The third-order valence-corrected chi connectivity index (χ3v) is 5.83. The highest BCUT2D eigenvalue weighted by atomic mass is 32.2. The van der Waals surface area contributed by atoms with Crippen LogP contribution in [0.3, 0.4) is 0 Å². The maximum Gasteiger partial charge on any atom is 0.138 e. The van der Waals surface area contributed by atoms with Crippen molar-refractivity contribution in [3.8, 4) is 0 Å². The van der Waals surface area contributed by atoms with Crippen molar-refractivity contribution in [2.45, 2.75) is 44.6 Å². The van der Waals surface area contributed by atoms with Crippen molar-refractivity contribution in [2.75, 3.05) is 5.75 Å². The topological polar surface area (TPSA) is 50.9 Å². The number of hydrogen-bond donors (Lipinski definition) is 1. The van der Waals surface area contributed by atoms with Crippen LogP contribution in [0.1, 0.15) is 40.6 Å². The minimum Gasteiger partial charge on any atom is -0.387 e. The molecular weight excluding hydrogens is 290 g/mol. The Hall–Kier alpha value is -0.850. The summed E-state index contributed by atoms with van der Waals surface area (Å²) in [4.78, 5) is 6.80. The molecule has 1 unspecified atom stereocenters. The number of aliphatic hydroxyl groups is 1. The summed E-state index contributed by atoms with van der Waals surface area (Å²) in [6.45, 7) is 2.98. The van der Waals surface area contributed by atoms with Crippen molar-refractivity contribution in [3.63, 3.8) is 0 Å². The van der Waals surface area contributed by atoms with Gasteiger partial charge in [-0.1, -0.05) is 6.92 Å². The molecule has 0 aliphatic carbocycles. The maximum absolute atomic E-state index is 10.5. The molecule has 0 bridgehead atoms. The fraction of sp³-hybridized carbons (Fsp3) is 0.571. The molecule has 1 aliphatic rings. The van der Waals surface area contributed by atoms with Crippen LogP contribution in [0.5, 0.6) is 0 Å². The van der Waals surface area contributed by atoms with E-state index < -0.39 is 6.10 Å². The van der Waals surface area contributed by atoms with Crippen LogP contribution >= 0.6 is 23.1 Å². The lowest BCUT2D eigenvalue weighted by Gasteiger charge is -2.09. The first-order valence-electron chi connectivity index (χ1n) is 7.02. The van der Waals surface area contributed by atoms with Gasteiger partial charge in [-0.25, -0.2) is 4.98 Å². The van der Waals surface area contributed by atoms with Gasteiger partial charge in [0.2, 0.25) is 0 Å². The zero-order valence-electron chi connectivity index (χ0n) is 11.6. The van der Waals surface area contributed by atoms with E-state index in [2.05, 4.69) is 23.1 Å². The van der Waals surface area contributed by atoms with Gasteiger partial charge < -0.3 is 5.11 Å². The molecule has 108 valence electrons. The quantitative estimate of drug-likeness (QED) is 0.923. The molecule has 2 aromatic rings. The first-order chi connectivity index (χ1) is 9.78. The number of aromatic nitrogens is 3. The van der Waals surface area contributed by atoms with Crippen LogP contribution in [-0.4, -0.2) is 25.6 Å². The van der Waals surface area contributed by atoms with Gasteiger partial charge in [0.1, 0.15) is 12.2 Å². The van der Waals surface area contributed by atoms with Gasteiger partial charge in [-0.2, -0.15) is 16.9 Å². The molecule has 20 heavy (non-hydrogen) atoms. The largest absolute Gasteiger partial charge is 0.387 e. The van der Waals surface area contributed by atoms with E-state index in [-0.39, 0.29) is 0 Å². The Labute approximate surface area is 127 Å². The van der Waals surface area contributed by atoms with Crippen LogP contribution in [0.15, 0.2) is 12.4 Å². The standard InChI is InChI=1S/C14H19N3OS2/c1-2-4-17-14(15-9-16-17)7-11(18)13-6-10-8-19-5-3-12(10)20-13/h6,9,11,18H,2-5,7-8H2,1H3. The summed E-state index contributed by atoms with van der Waals surface area (Å²) >= 11 is 3.74. The average molecular weight is 309 g/mol. The van der Waals surface area contributed by atoms with Crippen LogP contribution < -0.4 is 0 Å². The highest BCUT2D eigenvalue weighted by molar-refractivity contribution is 7.98. The predicted octanol–water partition coefficient (Wildman–Crippen LogP) is 2.82. The molecule has 0 amide bonds. The summed E-state index contributed by atoms with van der Waals surface area (Å²) in [7, 11) is 0. The Balaban J connectivity index is 1.73. The Kier molecular flexibility index (Phi) is 4.43. The van der Waals surface area contributed by atoms with E-state index in [1.165, 1.54) is 16.2 Å². The van der Waals surface area contributed by atoms with Crippen molar-refractivity contribution >= 4 is 23.1 Å². The summed E-state index contributed by atoms with van der Waals surface area (Å²) in [5, 5.41) is 14.7. The van der Waals surface area contributed by atoms with Crippen LogP contribution in [0.25, 0.3) is 0 Å². The average Bonchev–Trinajstić information content (AvgIpc) is 3.06. The number of thiophene rings is 1. The molecule has 4 nitrogen and oxygen atoms in total. The van der Waals surface area contributed by atoms with Gasteiger partial charge in [0.15, 0.2) is 0 Å². The number of hydrogen-bond acceptors (Lipinski definition) is 5. The number of fused-ring (bicyclic) bond motifs is 1. The summed E-state index contributed by atoms with van der Waals surface area (Å²) in [5.41, 5.74) is 1.41. The SMILES string of the molecule is CCCn1ncnc1CC(O)c1cc2c(s1)CCSC2.